The van der Waals surface area contributed by atoms with Crippen LogP contribution in [0.4, 0.5) is 0 Å². The zero-order chi connectivity index (χ0) is 41.4. The molecule has 13 aromatic rings. The molecule has 4 aromatic heterocycles. The molecule has 0 aliphatic carbocycles. The molecule has 0 radical (unpaired) electrons. The molecule has 63 heavy (non-hydrogen) atoms. The lowest BCUT2D eigenvalue weighted by molar-refractivity contribution is 0.620. The number of fused-ring (bicyclic) bond motifs is 9. The molecule has 4 heterocycles. The SMILES string of the molecule is c1ccc(-c2nc(-c3cccc4nc(-c5ccccc5)oc34)nc(-n3c4ccccc4c4ccc5c6ccccc6n(-c6cccc(-c7cccc8ccccc78)c6)c5c43)n2)cc1. The van der Waals surface area contributed by atoms with Crippen molar-refractivity contribution < 1.29 is 4.42 Å². The molecule has 0 saturated carbocycles. The summed E-state index contributed by atoms with van der Waals surface area (Å²) < 4.78 is 11.2. The molecular weight excluding hydrogens is 773 g/mol. The van der Waals surface area contributed by atoms with Crippen molar-refractivity contribution in [3.8, 4) is 57.0 Å². The molecule has 0 atom stereocenters. The third-order valence-corrected chi connectivity index (χ3v) is 12.2. The van der Waals surface area contributed by atoms with Crippen molar-refractivity contribution in [1.29, 1.82) is 0 Å². The highest BCUT2D eigenvalue weighted by molar-refractivity contribution is 6.23. The predicted molar refractivity (Wildman–Crippen MR) is 255 cm³/mol. The zero-order valence-corrected chi connectivity index (χ0v) is 33.7. The van der Waals surface area contributed by atoms with Gasteiger partial charge in [-0.15, -0.1) is 0 Å². The van der Waals surface area contributed by atoms with Crippen LogP contribution in [-0.2, 0) is 0 Å². The minimum Gasteiger partial charge on any atom is -0.435 e. The Labute approximate surface area is 360 Å². The molecule has 0 bridgehead atoms. The van der Waals surface area contributed by atoms with Crippen molar-refractivity contribution in [3.63, 3.8) is 0 Å². The molecular formula is C56H34N6O. The summed E-state index contributed by atoms with van der Waals surface area (Å²) in [7, 11) is 0. The summed E-state index contributed by atoms with van der Waals surface area (Å²) in [5.74, 6) is 2.08. The Morgan fingerprint density at radius 1 is 0.365 bits per heavy atom. The first-order chi connectivity index (χ1) is 31.2. The molecule has 0 aliphatic heterocycles. The van der Waals surface area contributed by atoms with E-state index in [1.807, 2.05) is 78.9 Å². The van der Waals surface area contributed by atoms with Crippen LogP contribution in [0.3, 0.4) is 0 Å². The average Bonchev–Trinajstić information content (AvgIpc) is 4.05. The van der Waals surface area contributed by atoms with E-state index in [9.17, 15) is 0 Å². The molecule has 0 unspecified atom stereocenters. The Kier molecular flexibility index (Phi) is 7.77. The van der Waals surface area contributed by atoms with Gasteiger partial charge in [-0.1, -0.05) is 158 Å². The Morgan fingerprint density at radius 2 is 0.937 bits per heavy atom. The van der Waals surface area contributed by atoms with Crippen LogP contribution in [0.1, 0.15) is 0 Å². The fraction of sp³-hybridized carbons (Fsp3) is 0. The van der Waals surface area contributed by atoms with E-state index in [4.69, 9.17) is 24.4 Å². The van der Waals surface area contributed by atoms with Gasteiger partial charge in [0.15, 0.2) is 17.2 Å². The molecule has 0 aliphatic rings. The lowest BCUT2D eigenvalue weighted by Gasteiger charge is -2.14. The van der Waals surface area contributed by atoms with Gasteiger partial charge in [0.25, 0.3) is 0 Å². The van der Waals surface area contributed by atoms with E-state index >= 15 is 0 Å². The predicted octanol–water partition coefficient (Wildman–Crippen LogP) is 14.0. The van der Waals surface area contributed by atoms with Crippen LogP contribution < -0.4 is 0 Å². The fourth-order valence-electron chi connectivity index (χ4n) is 9.40. The number of rotatable bonds is 6. The summed E-state index contributed by atoms with van der Waals surface area (Å²) in [6.45, 7) is 0. The Bertz CT molecular complexity index is 3920. The zero-order valence-electron chi connectivity index (χ0n) is 33.7. The van der Waals surface area contributed by atoms with Crippen LogP contribution in [-0.4, -0.2) is 29.1 Å². The highest BCUT2D eigenvalue weighted by Crippen LogP contribution is 2.43. The summed E-state index contributed by atoms with van der Waals surface area (Å²) in [5, 5.41) is 6.93. The normalized spacial score (nSPS) is 11.8. The van der Waals surface area contributed by atoms with E-state index in [-0.39, 0.29) is 0 Å². The first kappa shape index (κ1) is 35.1. The van der Waals surface area contributed by atoms with Gasteiger partial charge in [0, 0.05) is 38.4 Å². The van der Waals surface area contributed by atoms with Gasteiger partial charge in [0.2, 0.25) is 11.8 Å². The molecule has 0 N–H and O–H groups in total. The van der Waals surface area contributed by atoms with E-state index in [0.29, 0.717) is 29.1 Å². The molecule has 0 spiro atoms. The monoisotopic (exact) mass is 806 g/mol. The smallest absolute Gasteiger partial charge is 0.238 e. The summed E-state index contributed by atoms with van der Waals surface area (Å²) in [6.07, 6.45) is 0. The third-order valence-electron chi connectivity index (χ3n) is 12.2. The van der Waals surface area contributed by atoms with Gasteiger partial charge in [0.05, 0.1) is 27.6 Å². The number of para-hydroxylation sites is 3. The van der Waals surface area contributed by atoms with E-state index in [0.717, 1.165) is 77.1 Å². The van der Waals surface area contributed by atoms with Crippen molar-refractivity contribution in [1.82, 2.24) is 29.1 Å². The van der Waals surface area contributed by atoms with E-state index in [1.165, 1.54) is 16.3 Å². The van der Waals surface area contributed by atoms with Crippen molar-refractivity contribution >= 4 is 65.5 Å². The first-order valence-electron chi connectivity index (χ1n) is 21.1. The molecule has 7 nitrogen and oxygen atoms in total. The van der Waals surface area contributed by atoms with Crippen molar-refractivity contribution in [2.45, 2.75) is 0 Å². The quantitative estimate of drug-likeness (QED) is 0.167. The molecule has 13 rings (SSSR count). The third kappa shape index (κ3) is 5.53. The number of hydrogen-bond donors (Lipinski definition) is 0. The molecule has 7 heteroatoms. The number of benzene rings is 9. The first-order valence-corrected chi connectivity index (χ1v) is 21.1. The van der Waals surface area contributed by atoms with Crippen molar-refractivity contribution in [2.24, 2.45) is 0 Å². The van der Waals surface area contributed by atoms with E-state index in [1.54, 1.807) is 0 Å². The van der Waals surface area contributed by atoms with Crippen LogP contribution >= 0.6 is 0 Å². The van der Waals surface area contributed by atoms with Crippen LogP contribution in [0, 0.1) is 0 Å². The van der Waals surface area contributed by atoms with Crippen LogP contribution in [0.25, 0.3) is 122 Å². The molecule has 9 aromatic carbocycles. The largest absolute Gasteiger partial charge is 0.435 e. The maximum atomic E-state index is 6.56. The van der Waals surface area contributed by atoms with Gasteiger partial charge >= 0.3 is 0 Å². The Hall–Kier alpha value is -8.68. The highest BCUT2D eigenvalue weighted by Gasteiger charge is 2.25. The standard InChI is InChI=1S/C56H34N6O/c1-3-17-36(18-4-1)53-58-54(46-28-15-29-47-52(46)63-55(57-47)37-19-5-2-6-20-37)60-56(59-53)62-49-31-12-10-26-43(49)45-33-32-44-42-25-9-11-30-48(42)61(50(44)51(45)62)39-23-13-22-38(34-39)41-27-14-21-35-16-7-8-24-40(35)41/h1-34H. The second-order valence-electron chi connectivity index (χ2n) is 15.8. The molecule has 0 fully saturated rings. The minimum absolute atomic E-state index is 0.488. The van der Waals surface area contributed by atoms with Gasteiger partial charge in [-0.3, -0.25) is 4.57 Å². The summed E-state index contributed by atoms with van der Waals surface area (Å²) >= 11 is 0. The number of nitrogens with zero attached hydrogens (tertiary/aromatic N) is 6. The summed E-state index contributed by atoms with van der Waals surface area (Å²) in [4.78, 5) is 20.8. The van der Waals surface area contributed by atoms with Gasteiger partial charge in [-0.2, -0.15) is 9.97 Å². The summed E-state index contributed by atoms with van der Waals surface area (Å²) in [6, 6.07) is 71.8. The van der Waals surface area contributed by atoms with Crippen LogP contribution in [0.5, 0.6) is 0 Å². The molecule has 0 amide bonds. The van der Waals surface area contributed by atoms with Gasteiger partial charge in [0.1, 0.15) is 5.52 Å². The lowest BCUT2D eigenvalue weighted by Crippen LogP contribution is -2.07. The minimum atomic E-state index is 0.488. The van der Waals surface area contributed by atoms with Crippen LogP contribution in [0.2, 0.25) is 0 Å². The lowest BCUT2D eigenvalue weighted by atomic mass is 9.98. The second-order valence-corrected chi connectivity index (χ2v) is 15.8. The van der Waals surface area contributed by atoms with Crippen LogP contribution in [0.15, 0.2) is 211 Å². The molecule has 294 valence electrons. The molecule has 0 saturated heterocycles. The fourth-order valence-corrected chi connectivity index (χ4v) is 9.40. The van der Waals surface area contributed by atoms with E-state index < -0.39 is 0 Å². The van der Waals surface area contributed by atoms with Gasteiger partial charge < -0.3 is 8.98 Å². The second kappa shape index (κ2) is 13.9. The Morgan fingerprint density at radius 3 is 1.71 bits per heavy atom. The summed E-state index contributed by atoms with van der Waals surface area (Å²) in [5.41, 5.74) is 11.4. The number of hydrogen-bond acceptors (Lipinski definition) is 5. The van der Waals surface area contributed by atoms with Gasteiger partial charge in [-0.25, -0.2) is 9.97 Å². The van der Waals surface area contributed by atoms with Crippen molar-refractivity contribution in [3.05, 3.63) is 206 Å². The average molecular weight is 807 g/mol. The van der Waals surface area contributed by atoms with Crippen molar-refractivity contribution in [2.75, 3.05) is 0 Å². The maximum absolute atomic E-state index is 6.56. The number of oxazole rings is 1. The van der Waals surface area contributed by atoms with Gasteiger partial charge in [-0.05, 0) is 70.4 Å². The Balaban J connectivity index is 1.12. The highest BCUT2D eigenvalue weighted by atomic mass is 16.3. The van der Waals surface area contributed by atoms with E-state index in [2.05, 4.69) is 137 Å². The topological polar surface area (TPSA) is 74.6 Å². The number of aromatic nitrogens is 6. The maximum Gasteiger partial charge on any atom is 0.238 e.